The van der Waals surface area contributed by atoms with Crippen LogP contribution < -0.4 is 16.2 Å². The van der Waals surface area contributed by atoms with Gasteiger partial charge in [0.05, 0.1) is 19.8 Å². The van der Waals surface area contributed by atoms with Crippen LogP contribution in [0.4, 0.5) is 5.82 Å². The van der Waals surface area contributed by atoms with Crippen LogP contribution in [0.25, 0.3) is 11.2 Å². The van der Waals surface area contributed by atoms with Gasteiger partial charge in [-0.1, -0.05) is 6.58 Å². The fourth-order valence-electron chi connectivity index (χ4n) is 1.97. The number of aromatic amines is 1. The highest BCUT2D eigenvalue weighted by molar-refractivity contribution is 5.81. The summed E-state index contributed by atoms with van der Waals surface area (Å²) >= 11 is 0. The summed E-state index contributed by atoms with van der Waals surface area (Å²) in [6, 6.07) is 0.0928. The Hall–Kier alpha value is -2.39. The lowest BCUT2D eigenvalue weighted by Gasteiger charge is -2.08. The lowest BCUT2D eigenvalue weighted by molar-refractivity contribution is 0.141. The number of rotatable bonds is 9. The zero-order valence-electron chi connectivity index (χ0n) is 13.3. The molecule has 0 atom stereocenters. The Morgan fingerprint density at radius 1 is 1.39 bits per heavy atom. The van der Waals surface area contributed by atoms with Crippen molar-refractivity contribution in [1.29, 1.82) is 0 Å². The van der Waals surface area contributed by atoms with E-state index in [0.29, 0.717) is 31.0 Å². The summed E-state index contributed by atoms with van der Waals surface area (Å²) in [5, 5.41) is 0. The monoisotopic (exact) mass is 323 g/mol. The first-order chi connectivity index (χ1) is 11.1. The molecule has 0 spiro atoms. The second kappa shape index (κ2) is 7.75. The Morgan fingerprint density at radius 2 is 2.17 bits per heavy atom. The number of nitrogen functional groups attached to an aromatic ring is 1. The van der Waals surface area contributed by atoms with Gasteiger partial charge in [0.25, 0.3) is 0 Å². The van der Waals surface area contributed by atoms with E-state index in [9.17, 15) is 4.79 Å². The Morgan fingerprint density at radius 3 is 2.87 bits per heavy atom. The molecule has 0 aliphatic rings. The van der Waals surface area contributed by atoms with Gasteiger partial charge in [0.15, 0.2) is 11.5 Å². The first-order valence-electron chi connectivity index (χ1n) is 7.19. The van der Waals surface area contributed by atoms with Gasteiger partial charge in [0.2, 0.25) is 0 Å². The van der Waals surface area contributed by atoms with E-state index < -0.39 is 0 Å². The molecule has 2 aromatic heterocycles. The van der Waals surface area contributed by atoms with E-state index >= 15 is 0 Å². The second-order valence-corrected chi connectivity index (χ2v) is 4.83. The molecule has 0 saturated carbocycles. The van der Waals surface area contributed by atoms with E-state index in [1.54, 1.807) is 7.11 Å². The summed E-state index contributed by atoms with van der Waals surface area (Å²) in [6.45, 7) is 7.69. The van der Waals surface area contributed by atoms with Crippen molar-refractivity contribution < 1.29 is 14.2 Å². The van der Waals surface area contributed by atoms with Crippen LogP contribution in [0, 0.1) is 0 Å². The lowest BCUT2D eigenvalue weighted by Crippen LogP contribution is -2.19. The quantitative estimate of drug-likeness (QED) is 0.504. The van der Waals surface area contributed by atoms with Crippen LogP contribution in [0.15, 0.2) is 16.9 Å². The predicted octanol–water partition coefficient (Wildman–Crippen LogP) is 0.320. The van der Waals surface area contributed by atoms with Crippen LogP contribution in [-0.4, -0.2) is 53.1 Å². The number of anilines is 1. The van der Waals surface area contributed by atoms with Gasteiger partial charge in [-0.3, -0.25) is 4.57 Å². The molecule has 0 unspecified atom stereocenters. The number of fused-ring (bicyclic) bond motifs is 1. The number of H-pyrrole nitrogens is 1. The number of ether oxygens (including phenoxy) is 3. The molecule has 0 saturated heterocycles. The zero-order chi connectivity index (χ0) is 16.8. The van der Waals surface area contributed by atoms with Crippen LogP contribution in [0.2, 0.25) is 0 Å². The predicted molar refractivity (Wildman–Crippen MR) is 85.6 cm³/mol. The zero-order valence-corrected chi connectivity index (χ0v) is 13.3. The van der Waals surface area contributed by atoms with Crippen molar-refractivity contribution in [2.75, 3.05) is 39.3 Å². The van der Waals surface area contributed by atoms with Crippen LogP contribution in [0.5, 0.6) is 6.01 Å². The van der Waals surface area contributed by atoms with E-state index in [1.807, 2.05) is 6.92 Å². The lowest BCUT2D eigenvalue weighted by atomic mass is 10.3. The van der Waals surface area contributed by atoms with Gasteiger partial charge in [-0.05, 0) is 12.5 Å². The first-order valence-corrected chi connectivity index (χ1v) is 7.19. The highest BCUT2D eigenvalue weighted by atomic mass is 16.5. The fourth-order valence-corrected chi connectivity index (χ4v) is 1.97. The van der Waals surface area contributed by atoms with Crippen molar-refractivity contribution in [3.63, 3.8) is 0 Å². The average Bonchev–Trinajstić information content (AvgIpc) is 2.83. The SMILES string of the molecule is C=C(COCC)Cn1c(=O)[nH]c2c(N)nc(OCCOC)nc21. The second-order valence-electron chi connectivity index (χ2n) is 4.83. The molecule has 9 heteroatoms. The molecule has 23 heavy (non-hydrogen) atoms. The van der Waals surface area contributed by atoms with Gasteiger partial charge in [0, 0.05) is 13.7 Å². The Balaban J connectivity index is 2.30. The minimum Gasteiger partial charge on any atom is -0.461 e. The van der Waals surface area contributed by atoms with E-state index in [-0.39, 0.29) is 30.7 Å². The number of methoxy groups -OCH3 is 1. The molecule has 2 aromatic rings. The molecule has 0 aromatic carbocycles. The standard InChI is InChI=1S/C14H21N5O4/c1-4-22-8-9(2)7-19-12-10(16-14(19)20)11(15)17-13(18-12)23-6-5-21-3/h2,4-8H2,1,3H3,(H,16,20)(H2,15,17,18). The minimum atomic E-state index is -0.340. The van der Waals surface area contributed by atoms with Gasteiger partial charge in [-0.25, -0.2) is 4.79 Å². The third-order valence-corrected chi connectivity index (χ3v) is 3.04. The van der Waals surface area contributed by atoms with E-state index in [2.05, 4.69) is 21.5 Å². The number of hydrogen-bond acceptors (Lipinski definition) is 7. The van der Waals surface area contributed by atoms with Gasteiger partial charge in [-0.2, -0.15) is 9.97 Å². The fraction of sp³-hybridized carbons (Fsp3) is 0.500. The maximum atomic E-state index is 12.1. The maximum absolute atomic E-state index is 12.1. The molecule has 2 rings (SSSR count). The summed E-state index contributed by atoms with van der Waals surface area (Å²) in [5.41, 5.74) is 7.01. The van der Waals surface area contributed by atoms with Crippen LogP contribution in [-0.2, 0) is 16.0 Å². The molecular weight excluding hydrogens is 302 g/mol. The molecule has 3 N–H and O–H groups in total. The van der Waals surface area contributed by atoms with E-state index in [4.69, 9.17) is 19.9 Å². The van der Waals surface area contributed by atoms with Crippen LogP contribution in [0.1, 0.15) is 6.92 Å². The molecule has 0 amide bonds. The highest BCUT2D eigenvalue weighted by Crippen LogP contribution is 2.18. The number of nitrogens with two attached hydrogens (primary N) is 1. The molecule has 0 fully saturated rings. The number of hydrogen-bond donors (Lipinski definition) is 2. The molecule has 2 heterocycles. The first kappa shape index (κ1) is 17.0. The largest absolute Gasteiger partial charge is 0.461 e. The topological polar surface area (TPSA) is 117 Å². The van der Waals surface area contributed by atoms with Crippen molar-refractivity contribution in [3.05, 3.63) is 22.6 Å². The third-order valence-electron chi connectivity index (χ3n) is 3.04. The van der Waals surface area contributed by atoms with Crippen LogP contribution >= 0.6 is 0 Å². The maximum Gasteiger partial charge on any atom is 0.328 e. The van der Waals surface area contributed by atoms with E-state index in [0.717, 1.165) is 5.57 Å². The number of nitrogens with one attached hydrogen (secondary N) is 1. The smallest absolute Gasteiger partial charge is 0.328 e. The van der Waals surface area contributed by atoms with Gasteiger partial charge in [0.1, 0.15) is 12.1 Å². The number of imidazole rings is 1. The Labute approximate surface area is 133 Å². The van der Waals surface area contributed by atoms with Gasteiger partial charge < -0.3 is 24.9 Å². The number of aromatic nitrogens is 4. The Bertz CT molecular complexity index is 737. The number of nitrogens with zero attached hydrogens (tertiary/aromatic N) is 3. The molecule has 126 valence electrons. The minimum absolute atomic E-state index is 0.0928. The van der Waals surface area contributed by atoms with Crippen molar-refractivity contribution in [2.24, 2.45) is 0 Å². The summed E-state index contributed by atoms with van der Waals surface area (Å²) < 4.78 is 17.0. The van der Waals surface area contributed by atoms with Crippen molar-refractivity contribution >= 4 is 17.0 Å². The van der Waals surface area contributed by atoms with Gasteiger partial charge in [-0.15, -0.1) is 0 Å². The average molecular weight is 323 g/mol. The summed E-state index contributed by atoms with van der Waals surface area (Å²) in [6.07, 6.45) is 0. The normalized spacial score (nSPS) is 11.0. The van der Waals surface area contributed by atoms with Crippen molar-refractivity contribution in [2.45, 2.75) is 13.5 Å². The molecule has 0 aliphatic heterocycles. The van der Waals surface area contributed by atoms with E-state index in [1.165, 1.54) is 4.57 Å². The van der Waals surface area contributed by atoms with Gasteiger partial charge >= 0.3 is 11.7 Å². The van der Waals surface area contributed by atoms with Crippen molar-refractivity contribution in [1.82, 2.24) is 19.5 Å². The van der Waals surface area contributed by atoms with Crippen molar-refractivity contribution in [3.8, 4) is 6.01 Å². The summed E-state index contributed by atoms with van der Waals surface area (Å²) in [5.74, 6) is 0.147. The summed E-state index contributed by atoms with van der Waals surface area (Å²) in [4.78, 5) is 23.0. The Kier molecular flexibility index (Phi) is 5.72. The van der Waals surface area contributed by atoms with Crippen LogP contribution in [0.3, 0.4) is 0 Å². The molecule has 0 radical (unpaired) electrons. The third kappa shape index (κ3) is 4.08. The molecule has 0 bridgehead atoms. The summed E-state index contributed by atoms with van der Waals surface area (Å²) in [7, 11) is 1.57. The molecular formula is C14H21N5O4. The highest BCUT2D eigenvalue weighted by Gasteiger charge is 2.15. The molecule has 0 aliphatic carbocycles. The molecule has 9 nitrogen and oxygen atoms in total.